The van der Waals surface area contributed by atoms with E-state index in [0.717, 1.165) is 43.4 Å². The van der Waals surface area contributed by atoms with Gasteiger partial charge in [0.05, 0.1) is 0 Å². The maximum absolute atomic E-state index is 13.3. The number of carbonyl (C=O) groups excluding carboxylic acids is 1. The van der Waals surface area contributed by atoms with Crippen LogP contribution in [0.2, 0.25) is 0 Å². The first-order valence-electron chi connectivity index (χ1n) is 11.3. The summed E-state index contributed by atoms with van der Waals surface area (Å²) in [6.07, 6.45) is 6.02. The maximum Gasteiger partial charge on any atom is 0.359 e. The summed E-state index contributed by atoms with van der Waals surface area (Å²) < 4.78 is 6.24. The first-order chi connectivity index (χ1) is 15.0. The molecule has 1 aliphatic heterocycles. The third kappa shape index (κ3) is 4.41. The minimum Gasteiger partial charge on any atom is -0.510 e. The van der Waals surface area contributed by atoms with Gasteiger partial charge in [-0.25, -0.2) is 4.79 Å². The first-order valence-corrected chi connectivity index (χ1v) is 11.3. The average molecular weight is 422 g/mol. The molecule has 5 nitrogen and oxygen atoms in total. The largest absolute Gasteiger partial charge is 0.510 e. The van der Waals surface area contributed by atoms with Gasteiger partial charge in [0.15, 0.2) is 5.70 Å². The Kier molecular flexibility index (Phi) is 6.21. The minimum absolute atomic E-state index is 0.125. The van der Waals surface area contributed by atoms with Gasteiger partial charge in [-0.1, -0.05) is 43.2 Å². The van der Waals surface area contributed by atoms with Crippen LogP contribution in [0, 0.1) is 5.92 Å². The fraction of sp³-hybridized carbons (Fsp3) is 0.423. The van der Waals surface area contributed by atoms with Crippen molar-refractivity contribution in [1.82, 2.24) is 0 Å². The standard InChI is InChI=1S/C26H31NO4/c1-2-27(21-10-4-3-5-11-21)24-23(29)18-26(31-25(24)30,20-8-6-7-9-20)17-16-19-12-14-22(28)15-13-19/h3-5,10-15,20,28-29H,2,6-9,16-18H2,1H3/t26-/m1/s1. The molecule has 0 amide bonds. The molecule has 2 aromatic carbocycles. The number of aryl methyl sites for hydroxylation is 1. The minimum atomic E-state index is -0.685. The van der Waals surface area contributed by atoms with Crippen LogP contribution in [0.5, 0.6) is 5.75 Å². The number of phenolic OH excluding ortho intramolecular Hbond substituents is 1. The van der Waals surface area contributed by atoms with E-state index in [1.165, 1.54) is 0 Å². The van der Waals surface area contributed by atoms with Crippen LogP contribution in [0.25, 0.3) is 0 Å². The second-order valence-corrected chi connectivity index (χ2v) is 8.65. The summed E-state index contributed by atoms with van der Waals surface area (Å²) in [5.41, 5.74) is 1.52. The van der Waals surface area contributed by atoms with E-state index in [1.807, 2.05) is 54.3 Å². The van der Waals surface area contributed by atoms with Crippen molar-refractivity contribution in [2.45, 2.75) is 57.5 Å². The van der Waals surface area contributed by atoms with Crippen molar-refractivity contribution in [3.05, 3.63) is 71.6 Å². The number of carbonyl (C=O) groups is 1. The molecule has 1 fully saturated rings. The summed E-state index contributed by atoms with van der Waals surface area (Å²) in [5.74, 6) is 0.180. The zero-order valence-electron chi connectivity index (χ0n) is 18.1. The molecule has 4 rings (SSSR count). The topological polar surface area (TPSA) is 70.0 Å². The molecule has 5 heteroatoms. The van der Waals surface area contributed by atoms with Gasteiger partial charge in [0, 0.05) is 18.7 Å². The molecule has 1 aliphatic carbocycles. The Morgan fingerprint density at radius 2 is 1.71 bits per heavy atom. The van der Waals surface area contributed by atoms with Crippen molar-refractivity contribution < 1.29 is 19.7 Å². The number of benzene rings is 2. The Bertz CT molecular complexity index is 932. The van der Waals surface area contributed by atoms with Gasteiger partial charge in [-0.05, 0) is 68.4 Å². The maximum atomic E-state index is 13.3. The zero-order chi connectivity index (χ0) is 21.8. The van der Waals surface area contributed by atoms with E-state index in [-0.39, 0.29) is 23.1 Å². The number of hydrogen-bond donors (Lipinski definition) is 2. The number of phenols is 1. The molecular formula is C26H31NO4. The molecule has 1 heterocycles. The lowest BCUT2D eigenvalue weighted by molar-refractivity contribution is -0.167. The summed E-state index contributed by atoms with van der Waals surface area (Å²) in [4.78, 5) is 15.1. The molecular weight excluding hydrogens is 390 g/mol. The number of esters is 1. The van der Waals surface area contributed by atoms with Crippen LogP contribution in [0.1, 0.15) is 51.0 Å². The van der Waals surface area contributed by atoms with Crippen LogP contribution in [0.15, 0.2) is 66.1 Å². The van der Waals surface area contributed by atoms with Gasteiger partial charge in [0.25, 0.3) is 0 Å². The van der Waals surface area contributed by atoms with Crippen molar-refractivity contribution >= 4 is 11.7 Å². The van der Waals surface area contributed by atoms with Gasteiger partial charge in [-0.2, -0.15) is 0 Å². The molecule has 0 unspecified atom stereocenters. The zero-order valence-corrected chi connectivity index (χ0v) is 18.1. The highest BCUT2D eigenvalue weighted by Crippen LogP contribution is 2.46. The van der Waals surface area contributed by atoms with Gasteiger partial charge in [0.2, 0.25) is 0 Å². The normalized spacial score (nSPS) is 21.9. The highest BCUT2D eigenvalue weighted by molar-refractivity contribution is 5.94. The molecule has 31 heavy (non-hydrogen) atoms. The molecule has 1 saturated carbocycles. The van der Waals surface area contributed by atoms with Gasteiger partial charge >= 0.3 is 5.97 Å². The smallest absolute Gasteiger partial charge is 0.359 e. The van der Waals surface area contributed by atoms with Crippen molar-refractivity contribution in [2.24, 2.45) is 5.92 Å². The molecule has 0 spiro atoms. The third-order valence-corrected chi connectivity index (χ3v) is 6.76. The fourth-order valence-corrected chi connectivity index (χ4v) is 5.14. The van der Waals surface area contributed by atoms with Crippen molar-refractivity contribution in [1.29, 1.82) is 0 Å². The molecule has 2 aliphatic rings. The number of cyclic esters (lactones) is 1. The van der Waals surface area contributed by atoms with E-state index in [2.05, 4.69) is 0 Å². The third-order valence-electron chi connectivity index (χ3n) is 6.76. The van der Waals surface area contributed by atoms with E-state index in [1.54, 1.807) is 12.1 Å². The van der Waals surface area contributed by atoms with Crippen LogP contribution in [-0.4, -0.2) is 28.3 Å². The monoisotopic (exact) mass is 421 g/mol. The number of aromatic hydroxyl groups is 1. The van der Waals surface area contributed by atoms with Crippen molar-refractivity contribution in [3.8, 4) is 5.75 Å². The number of ether oxygens (including phenoxy) is 1. The number of anilines is 1. The quantitative estimate of drug-likeness (QED) is 0.578. The fourth-order valence-electron chi connectivity index (χ4n) is 5.14. The highest BCUT2D eigenvalue weighted by Gasteiger charge is 2.49. The first kappa shape index (κ1) is 21.3. The lowest BCUT2D eigenvalue weighted by atomic mass is 9.77. The van der Waals surface area contributed by atoms with E-state index in [9.17, 15) is 15.0 Å². The van der Waals surface area contributed by atoms with Crippen LogP contribution in [-0.2, 0) is 16.0 Å². The number of hydrogen-bond acceptors (Lipinski definition) is 5. The molecule has 0 bridgehead atoms. The van der Waals surface area contributed by atoms with Crippen molar-refractivity contribution in [2.75, 3.05) is 11.4 Å². The molecule has 0 aromatic heterocycles. The predicted molar refractivity (Wildman–Crippen MR) is 121 cm³/mol. The summed E-state index contributed by atoms with van der Waals surface area (Å²) in [5, 5.41) is 20.7. The Morgan fingerprint density at radius 1 is 1.03 bits per heavy atom. The molecule has 0 saturated heterocycles. The van der Waals surface area contributed by atoms with Gasteiger partial charge in [-0.15, -0.1) is 0 Å². The summed E-state index contributed by atoms with van der Waals surface area (Å²) in [6, 6.07) is 16.8. The van der Waals surface area contributed by atoms with Gasteiger partial charge < -0.3 is 19.8 Å². The second kappa shape index (κ2) is 9.04. The SMILES string of the molecule is CCN(C1=C(O)C[C@](CCc2ccc(O)cc2)(C2CCCC2)OC1=O)c1ccccc1. The van der Waals surface area contributed by atoms with E-state index >= 15 is 0 Å². The lowest BCUT2D eigenvalue weighted by Gasteiger charge is -2.43. The van der Waals surface area contributed by atoms with Crippen LogP contribution >= 0.6 is 0 Å². The number of aliphatic hydroxyl groups is 1. The number of rotatable bonds is 7. The van der Waals surface area contributed by atoms with Crippen molar-refractivity contribution in [3.63, 3.8) is 0 Å². The number of aliphatic hydroxyl groups excluding tert-OH is 1. The average Bonchev–Trinajstić information content (AvgIpc) is 3.32. The molecule has 1 atom stereocenters. The van der Waals surface area contributed by atoms with Crippen LogP contribution < -0.4 is 4.90 Å². The predicted octanol–water partition coefficient (Wildman–Crippen LogP) is 5.50. The second-order valence-electron chi connectivity index (χ2n) is 8.65. The molecule has 2 N–H and O–H groups in total. The Hall–Kier alpha value is -2.95. The summed E-state index contributed by atoms with van der Waals surface area (Å²) >= 11 is 0. The Morgan fingerprint density at radius 3 is 2.32 bits per heavy atom. The van der Waals surface area contributed by atoms with Gasteiger partial charge in [0.1, 0.15) is 17.1 Å². The summed E-state index contributed by atoms with van der Waals surface area (Å²) in [6.45, 7) is 2.52. The van der Waals surface area contributed by atoms with Crippen LogP contribution in [0.4, 0.5) is 5.69 Å². The molecule has 164 valence electrons. The van der Waals surface area contributed by atoms with Gasteiger partial charge in [-0.3, -0.25) is 0 Å². The van der Waals surface area contributed by atoms with E-state index in [4.69, 9.17) is 4.74 Å². The lowest BCUT2D eigenvalue weighted by Crippen LogP contribution is -2.48. The van der Waals surface area contributed by atoms with E-state index in [0.29, 0.717) is 19.4 Å². The molecule has 2 aromatic rings. The van der Waals surface area contributed by atoms with E-state index < -0.39 is 11.6 Å². The Labute approximate surface area is 184 Å². The number of para-hydroxylation sites is 1. The highest BCUT2D eigenvalue weighted by atomic mass is 16.6. The number of nitrogens with zero attached hydrogens (tertiary/aromatic N) is 1. The van der Waals surface area contributed by atoms with Crippen LogP contribution in [0.3, 0.4) is 0 Å². The summed E-state index contributed by atoms with van der Waals surface area (Å²) in [7, 11) is 0. The number of likely N-dealkylation sites (N-methyl/N-ethyl adjacent to an activating group) is 1. The Balaban J connectivity index is 1.63. The molecule has 0 radical (unpaired) electrons.